The first-order valence-electron chi connectivity index (χ1n) is 12.0. The lowest BCUT2D eigenvalue weighted by Gasteiger charge is -2.31. The number of anilines is 3. The zero-order valence-electron chi connectivity index (χ0n) is 21.8. The number of ether oxygens (including phenoxy) is 1. The average Bonchev–Trinajstić information content (AvgIpc) is 2.86. The highest BCUT2D eigenvalue weighted by atomic mass is 16.5. The molecule has 3 aromatic rings. The number of hydrogen-bond donors (Lipinski definition) is 1. The summed E-state index contributed by atoms with van der Waals surface area (Å²) in [7, 11) is 5.57. The molecular formula is C28H34N4O4. The van der Waals surface area contributed by atoms with Gasteiger partial charge in [0.15, 0.2) is 0 Å². The van der Waals surface area contributed by atoms with Gasteiger partial charge in [0.25, 0.3) is 11.5 Å². The van der Waals surface area contributed by atoms with Gasteiger partial charge in [-0.25, -0.2) is 0 Å². The van der Waals surface area contributed by atoms with Crippen molar-refractivity contribution < 1.29 is 14.3 Å². The van der Waals surface area contributed by atoms with Crippen molar-refractivity contribution in [2.45, 2.75) is 33.8 Å². The minimum Gasteiger partial charge on any atom is -0.461 e. The van der Waals surface area contributed by atoms with Crippen LogP contribution in [0, 0.1) is 0 Å². The Morgan fingerprint density at radius 3 is 2.44 bits per heavy atom. The average molecular weight is 491 g/mol. The fourth-order valence-electron chi connectivity index (χ4n) is 4.29. The van der Waals surface area contributed by atoms with Gasteiger partial charge in [-0.1, -0.05) is 26.0 Å². The third-order valence-electron chi connectivity index (χ3n) is 6.07. The summed E-state index contributed by atoms with van der Waals surface area (Å²) in [5.41, 5.74) is 11.3. The van der Waals surface area contributed by atoms with Gasteiger partial charge < -0.3 is 24.8 Å². The molecule has 36 heavy (non-hydrogen) atoms. The Labute approximate surface area is 211 Å². The van der Waals surface area contributed by atoms with Crippen LogP contribution in [0.25, 0.3) is 11.1 Å². The summed E-state index contributed by atoms with van der Waals surface area (Å²) in [6.45, 7) is 5.82. The SMILES string of the molecule is CC.CC(=O)OCc1c(-c2cc(N)c(=O)n(C)c2)cccc1N1CCc2cc(N(C)C)ccc2C1=O. The molecule has 1 amide bonds. The number of carbonyl (C=O) groups excluding carboxylic acids is 2. The molecule has 1 aromatic heterocycles. The third kappa shape index (κ3) is 5.27. The van der Waals surface area contributed by atoms with Crippen LogP contribution in [-0.4, -0.2) is 37.1 Å². The molecule has 0 spiro atoms. The van der Waals surface area contributed by atoms with E-state index in [0.717, 1.165) is 16.8 Å². The van der Waals surface area contributed by atoms with Gasteiger partial charge in [0, 0.05) is 63.2 Å². The van der Waals surface area contributed by atoms with Crippen LogP contribution in [0.5, 0.6) is 0 Å². The number of benzene rings is 2. The van der Waals surface area contributed by atoms with Crippen LogP contribution in [-0.2, 0) is 29.6 Å². The van der Waals surface area contributed by atoms with Crippen molar-refractivity contribution in [3.05, 3.63) is 75.7 Å². The smallest absolute Gasteiger partial charge is 0.302 e. The summed E-state index contributed by atoms with van der Waals surface area (Å²) >= 11 is 0. The first kappa shape index (κ1) is 26.5. The van der Waals surface area contributed by atoms with Crippen LogP contribution >= 0.6 is 0 Å². The quantitative estimate of drug-likeness (QED) is 0.543. The second-order valence-corrected chi connectivity index (χ2v) is 8.63. The number of nitrogens with zero attached hydrogens (tertiary/aromatic N) is 3. The number of carbonyl (C=O) groups is 2. The highest BCUT2D eigenvalue weighted by Gasteiger charge is 2.28. The van der Waals surface area contributed by atoms with Crippen molar-refractivity contribution in [2.75, 3.05) is 36.2 Å². The van der Waals surface area contributed by atoms with Crippen LogP contribution in [0.4, 0.5) is 17.1 Å². The van der Waals surface area contributed by atoms with Gasteiger partial charge >= 0.3 is 5.97 Å². The third-order valence-corrected chi connectivity index (χ3v) is 6.07. The molecule has 0 unspecified atom stereocenters. The van der Waals surface area contributed by atoms with E-state index in [4.69, 9.17) is 10.5 Å². The van der Waals surface area contributed by atoms with E-state index >= 15 is 0 Å². The van der Waals surface area contributed by atoms with E-state index in [0.29, 0.717) is 35.3 Å². The zero-order valence-corrected chi connectivity index (χ0v) is 21.8. The summed E-state index contributed by atoms with van der Waals surface area (Å²) in [6, 6.07) is 13.0. The number of nitrogens with two attached hydrogens (primary N) is 1. The first-order valence-corrected chi connectivity index (χ1v) is 12.0. The number of aromatic nitrogens is 1. The van der Waals surface area contributed by atoms with E-state index in [1.165, 1.54) is 11.5 Å². The lowest BCUT2D eigenvalue weighted by molar-refractivity contribution is -0.142. The Bertz CT molecular complexity index is 1320. The summed E-state index contributed by atoms with van der Waals surface area (Å²) < 4.78 is 6.78. The van der Waals surface area contributed by atoms with Gasteiger partial charge in [0.05, 0.1) is 11.4 Å². The Kier molecular flexibility index (Phi) is 8.19. The van der Waals surface area contributed by atoms with E-state index in [-0.39, 0.29) is 23.8 Å². The number of amides is 1. The van der Waals surface area contributed by atoms with E-state index in [1.807, 2.05) is 69.2 Å². The number of hydrogen-bond acceptors (Lipinski definition) is 6. The molecule has 0 bridgehead atoms. The molecular weight excluding hydrogens is 456 g/mol. The number of rotatable bonds is 5. The minimum atomic E-state index is -0.424. The maximum atomic E-state index is 13.5. The highest BCUT2D eigenvalue weighted by molar-refractivity contribution is 6.09. The largest absolute Gasteiger partial charge is 0.461 e. The van der Waals surface area contributed by atoms with Crippen LogP contribution in [0.2, 0.25) is 0 Å². The number of aryl methyl sites for hydroxylation is 1. The molecule has 2 aromatic carbocycles. The fraction of sp³-hybridized carbons (Fsp3) is 0.321. The van der Waals surface area contributed by atoms with E-state index in [1.54, 1.807) is 24.2 Å². The van der Waals surface area contributed by atoms with Crippen molar-refractivity contribution in [3.63, 3.8) is 0 Å². The molecule has 1 aliphatic heterocycles. The van der Waals surface area contributed by atoms with Crippen molar-refractivity contribution in [1.82, 2.24) is 4.57 Å². The molecule has 2 heterocycles. The molecule has 0 fully saturated rings. The van der Waals surface area contributed by atoms with E-state index in [2.05, 4.69) is 0 Å². The first-order chi connectivity index (χ1) is 17.2. The summed E-state index contributed by atoms with van der Waals surface area (Å²) in [5, 5.41) is 0. The lowest BCUT2D eigenvalue weighted by atomic mass is 9.94. The van der Waals surface area contributed by atoms with Gasteiger partial charge in [-0.05, 0) is 47.9 Å². The lowest BCUT2D eigenvalue weighted by Crippen LogP contribution is -2.38. The van der Waals surface area contributed by atoms with Crippen molar-refractivity contribution in [2.24, 2.45) is 7.05 Å². The maximum absolute atomic E-state index is 13.5. The molecule has 0 radical (unpaired) electrons. The molecule has 4 rings (SSSR count). The van der Waals surface area contributed by atoms with Crippen molar-refractivity contribution in [1.29, 1.82) is 0 Å². The number of nitrogen functional groups attached to an aromatic ring is 1. The van der Waals surface area contributed by atoms with Gasteiger partial charge in [-0.15, -0.1) is 0 Å². The highest BCUT2D eigenvalue weighted by Crippen LogP contribution is 2.35. The molecule has 8 heteroatoms. The maximum Gasteiger partial charge on any atom is 0.302 e. The van der Waals surface area contributed by atoms with Gasteiger partial charge in [0.2, 0.25) is 0 Å². The predicted molar refractivity (Wildman–Crippen MR) is 144 cm³/mol. The van der Waals surface area contributed by atoms with Crippen LogP contribution < -0.4 is 21.1 Å². The Morgan fingerprint density at radius 1 is 1.08 bits per heavy atom. The molecule has 0 aliphatic carbocycles. The van der Waals surface area contributed by atoms with Crippen LogP contribution in [0.1, 0.15) is 42.3 Å². The Balaban J connectivity index is 0.00000176. The number of pyridine rings is 1. The van der Waals surface area contributed by atoms with Crippen LogP contribution in [0.15, 0.2) is 53.5 Å². The summed E-state index contributed by atoms with van der Waals surface area (Å²) in [6.07, 6.45) is 2.39. The second kappa shape index (κ2) is 11.1. The van der Waals surface area contributed by atoms with Gasteiger partial charge in [0.1, 0.15) is 6.61 Å². The summed E-state index contributed by atoms with van der Waals surface area (Å²) in [4.78, 5) is 41.0. The fourth-order valence-corrected chi connectivity index (χ4v) is 4.29. The topological polar surface area (TPSA) is 97.9 Å². The standard InChI is InChI=1S/C26H28N4O4.C2H6/c1-16(31)34-15-22-20(18-13-23(27)26(33)29(4)14-18)6-5-7-24(22)30-11-10-17-12-19(28(2)3)8-9-21(17)25(30)32;1-2/h5-9,12-14H,10-11,15,27H2,1-4H3;1-2H3. The zero-order chi connectivity index (χ0) is 26.6. The molecule has 0 saturated carbocycles. The monoisotopic (exact) mass is 490 g/mol. The van der Waals surface area contributed by atoms with Crippen LogP contribution in [0.3, 0.4) is 0 Å². The molecule has 1 aliphatic rings. The molecule has 2 N–H and O–H groups in total. The molecule has 0 saturated heterocycles. The molecule has 8 nitrogen and oxygen atoms in total. The minimum absolute atomic E-state index is 0.0141. The van der Waals surface area contributed by atoms with Crippen molar-refractivity contribution in [3.8, 4) is 11.1 Å². The van der Waals surface area contributed by atoms with Gasteiger partial charge in [-0.2, -0.15) is 0 Å². The second-order valence-electron chi connectivity index (χ2n) is 8.63. The molecule has 0 atom stereocenters. The van der Waals surface area contributed by atoms with E-state index in [9.17, 15) is 14.4 Å². The number of fused-ring (bicyclic) bond motifs is 1. The summed E-state index contributed by atoms with van der Waals surface area (Å²) in [5.74, 6) is -0.528. The van der Waals surface area contributed by atoms with E-state index < -0.39 is 5.97 Å². The number of esters is 1. The van der Waals surface area contributed by atoms with Gasteiger partial charge in [-0.3, -0.25) is 14.4 Å². The molecule has 190 valence electrons. The Hall–Kier alpha value is -4.07. The van der Waals surface area contributed by atoms with Crippen molar-refractivity contribution >= 4 is 28.9 Å². The predicted octanol–water partition coefficient (Wildman–Crippen LogP) is 3.99. The normalized spacial score (nSPS) is 12.4. The Morgan fingerprint density at radius 2 is 1.81 bits per heavy atom.